The molecule has 0 amide bonds. The Kier molecular flexibility index (Phi) is 3.68. The van der Waals surface area contributed by atoms with Crippen molar-refractivity contribution >= 4 is 35.4 Å². The van der Waals surface area contributed by atoms with Gasteiger partial charge >= 0.3 is 6.18 Å². The Morgan fingerprint density at radius 1 is 1.26 bits per heavy atom. The lowest BCUT2D eigenvalue weighted by atomic mass is 10.3. The van der Waals surface area contributed by atoms with E-state index in [-0.39, 0.29) is 15.2 Å². The third kappa shape index (κ3) is 2.66. The first kappa shape index (κ1) is 14.4. The van der Waals surface area contributed by atoms with Crippen molar-refractivity contribution in [1.82, 2.24) is 9.78 Å². The Morgan fingerprint density at radius 2 is 1.89 bits per heavy atom. The fraction of sp³-hybridized carbons (Fsp3) is 0.182. The van der Waals surface area contributed by atoms with E-state index in [0.717, 1.165) is 4.68 Å². The van der Waals surface area contributed by atoms with Crippen LogP contribution in [0, 0.1) is 11.6 Å². The molecule has 2 aromatic rings. The van der Waals surface area contributed by atoms with Gasteiger partial charge in [0.05, 0.1) is 10.7 Å². The summed E-state index contributed by atoms with van der Waals surface area (Å²) in [5.74, 6) is 0. The van der Waals surface area contributed by atoms with Crippen LogP contribution < -0.4 is 0 Å². The highest BCUT2D eigenvalue weighted by molar-refractivity contribution is 7.71. The lowest BCUT2D eigenvalue weighted by Crippen LogP contribution is -2.08. The van der Waals surface area contributed by atoms with Crippen LogP contribution in [0.5, 0.6) is 0 Å². The molecule has 0 radical (unpaired) electrons. The SMILES string of the molecule is Cc1c(C(F)(F)F)[nH]n(-c2ccc(Cl)cc2Cl)c1=S. The molecule has 0 atom stereocenters. The number of nitrogens with one attached hydrogen (secondary N) is 1. The molecule has 0 saturated carbocycles. The summed E-state index contributed by atoms with van der Waals surface area (Å²) < 4.78 is 39.5. The van der Waals surface area contributed by atoms with E-state index < -0.39 is 11.9 Å². The minimum absolute atomic E-state index is 0.0246. The van der Waals surface area contributed by atoms with Gasteiger partial charge < -0.3 is 0 Å². The Hall–Kier alpha value is -0.980. The summed E-state index contributed by atoms with van der Waals surface area (Å²) in [5.41, 5.74) is -0.619. The molecular weight excluding hydrogens is 320 g/mol. The fourth-order valence-corrected chi connectivity index (χ4v) is 2.37. The summed E-state index contributed by atoms with van der Waals surface area (Å²) in [6, 6.07) is 4.45. The number of rotatable bonds is 1. The number of aromatic nitrogens is 2. The van der Waals surface area contributed by atoms with Gasteiger partial charge in [0.15, 0.2) is 0 Å². The third-order valence-electron chi connectivity index (χ3n) is 2.56. The van der Waals surface area contributed by atoms with E-state index in [1.165, 1.54) is 25.1 Å². The summed E-state index contributed by atoms with van der Waals surface area (Å²) in [6.45, 7) is 1.31. The number of H-pyrrole nitrogens is 1. The van der Waals surface area contributed by atoms with Crippen molar-refractivity contribution in [2.45, 2.75) is 13.1 Å². The van der Waals surface area contributed by atoms with Crippen LogP contribution in [0.1, 0.15) is 11.3 Å². The van der Waals surface area contributed by atoms with Crippen molar-refractivity contribution in [2.24, 2.45) is 0 Å². The lowest BCUT2D eigenvalue weighted by Gasteiger charge is -2.07. The molecule has 2 rings (SSSR count). The Morgan fingerprint density at radius 3 is 2.37 bits per heavy atom. The summed E-state index contributed by atoms with van der Waals surface area (Å²) >= 11 is 16.7. The molecule has 102 valence electrons. The van der Waals surface area contributed by atoms with Gasteiger partial charge in [0, 0.05) is 10.6 Å². The van der Waals surface area contributed by atoms with Crippen molar-refractivity contribution < 1.29 is 13.2 Å². The van der Waals surface area contributed by atoms with Gasteiger partial charge in [-0.3, -0.25) is 5.10 Å². The maximum atomic E-state index is 12.8. The highest BCUT2D eigenvalue weighted by Crippen LogP contribution is 2.33. The molecule has 8 heteroatoms. The van der Waals surface area contributed by atoms with Gasteiger partial charge in [-0.05, 0) is 25.1 Å². The molecule has 2 nitrogen and oxygen atoms in total. The highest BCUT2D eigenvalue weighted by Gasteiger charge is 2.35. The molecule has 1 heterocycles. The van der Waals surface area contributed by atoms with Gasteiger partial charge in [-0.1, -0.05) is 35.4 Å². The predicted octanol–water partition coefficient (Wildman–Crippen LogP) is 5.17. The summed E-state index contributed by atoms with van der Waals surface area (Å²) in [6.07, 6.45) is -4.50. The van der Waals surface area contributed by atoms with Gasteiger partial charge in [-0.15, -0.1) is 0 Å². The van der Waals surface area contributed by atoms with Crippen molar-refractivity contribution in [3.8, 4) is 5.69 Å². The van der Waals surface area contributed by atoms with Crippen LogP contribution >= 0.6 is 35.4 Å². The van der Waals surface area contributed by atoms with Gasteiger partial charge in [0.1, 0.15) is 10.3 Å². The van der Waals surface area contributed by atoms with Crippen LogP contribution in [0.3, 0.4) is 0 Å². The molecule has 0 aliphatic heterocycles. The third-order valence-corrected chi connectivity index (χ3v) is 3.58. The van der Waals surface area contributed by atoms with Crippen LogP contribution in [0.15, 0.2) is 18.2 Å². The second-order valence-corrected chi connectivity index (χ2v) is 5.08. The van der Waals surface area contributed by atoms with E-state index >= 15 is 0 Å². The largest absolute Gasteiger partial charge is 0.433 e. The van der Waals surface area contributed by atoms with Gasteiger partial charge in [0.2, 0.25) is 0 Å². The summed E-state index contributed by atoms with van der Waals surface area (Å²) in [4.78, 5) is 0. The van der Waals surface area contributed by atoms with E-state index in [1.54, 1.807) is 0 Å². The van der Waals surface area contributed by atoms with E-state index in [4.69, 9.17) is 35.4 Å². The molecule has 0 spiro atoms. The van der Waals surface area contributed by atoms with Crippen LogP contribution in [0.2, 0.25) is 10.0 Å². The smallest absolute Gasteiger partial charge is 0.288 e. The van der Waals surface area contributed by atoms with Crippen molar-refractivity contribution in [3.63, 3.8) is 0 Å². The first-order valence-corrected chi connectivity index (χ1v) is 6.22. The van der Waals surface area contributed by atoms with E-state index in [0.29, 0.717) is 10.7 Å². The Bertz CT molecular complexity index is 688. The monoisotopic (exact) mass is 326 g/mol. The quantitative estimate of drug-likeness (QED) is 0.717. The zero-order valence-corrected chi connectivity index (χ0v) is 11.8. The minimum atomic E-state index is -4.50. The average Bonchev–Trinajstić information content (AvgIpc) is 2.56. The van der Waals surface area contributed by atoms with E-state index in [1.807, 2.05) is 0 Å². The normalized spacial score (nSPS) is 11.9. The summed E-state index contributed by atoms with van der Waals surface area (Å²) in [5, 5.41) is 2.82. The summed E-state index contributed by atoms with van der Waals surface area (Å²) in [7, 11) is 0. The maximum Gasteiger partial charge on any atom is 0.433 e. The average molecular weight is 327 g/mol. The zero-order chi connectivity index (χ0) is 14.4. The second kappa shape index (κ2) is 4.85. The lowest BCUT2D eigenvalue weighted by molar-refractivity contribution is -0.141. The number of hydrogen-bond acceptors (Lipinski definition) is 1. The van der Waals surface area contributed by atoms with Crippen LogP contribution in [-0.4, -0.2) is 9.78 Å². The molecule has 1 aromatic heterocycles. The van der Waals surface area contributed by atoms with E-state index in [9.17, 15) is 13.2 Å². The standard InChI is InChI=1S/C11H7Cl2F3N2S/c1-5-9(11(14,15)16)17-18(10(5)19)8-3-2-6(12)4-7(8)13/h2-4,17H,1H3. The molecule has 19 heavy (non-hydrogen) atoms. The van der Waals surface area contributed by atoms with Crippen molar-refractivity contribution in [3.05, 3.63) is 44.1 Å². The molecule has 1 aromatic carbocycles. The minimum Gasteiger partial charge on any atom is -0.288 e. The zero-order valence-electron chi connectivity index (χ0n) is 9.48. The Balaban J connectivity index is 2.68. The number of aromatic amines is 1. The molecule has 0 aliphatic carbocycles. The number of halogens is 5. The maximum absolute atomic E-state index is 12.8. The fourth-order valence-electron chi connectivity index (χ4n) is 1.63. The topological polar surface area (TPSA) is 20.7 Å². The second-order valence-electron chi connectivity index (χ2n) is 3.85. The Labute approximate surface area is 121 Å². The van der Waals surface area contributed by atoms with Crippen molar-refractivity contribution in [2.75, 3.05) is 0 Å². The molecule has 0 unspecified atom stereocenters. The predicted molar refractivity (Wildman–Crippen MR) is 70.7 cm³/mol. The van der Waals surface area contributed by atoms with Gasteiger partial charge in [-0.25, -0.2) is 4.68 Å². The first-order chi connectivity index (χ1) is 8.71. The molecule has 0 aliphatic rings. The number of hydrogen-bond donors (Lipinski definition) is 1. The molecule has 0 saturated heterocycles. The number of nitrogens with zero attached hydrogens (tertiary/aromatic N) is 1. The number of benzene rings is 1. The molecule has 0 fully saturated rings. The van der Waals surface area contributed by atoms with Crippen LogP contribution in [-0.2, 0) is 6.18 Å². The van der Waals surface area contributed by atoms with Gasteiger partial charge in [0.25, 0.3) is 0 Å². The van der Waals surface area contributed by atoms with Crippen LogP contribution in [0.25, 0.3) is 5.69 Å². The van der Waals surface area contributed by atoms with Crippen molar-refractivity contribution in [1.29, 1.82) is 0 Å². The van der Waals surface area contributed by atoms with Gasteiger partial charge in [-0.2, -0.15) is 13.2 Å². The number of alkyl halides is 3. The first-order valence-electron chi connectivity index (χ1n) is 5.06. The molecule has 1 N–H and O–H groups in total. The molecule has 0 bridgehead atoms. The molecular formula is C11H7Cl2F3N2S. The highest BCUT2D eigenvalue weighted by atomic mass is 35.5. The van der Waals surface area contributed by atoms with Crippen LogP contribution in [0.4, 0.5) is 13.2 Å². The van der Waals surface area contributed by atoms with E-state index in [2.05, 4.69) is 5.10 Å².